The molecule has 0 N–H and O–H groups in total. The van der Waals surface area contributed by atoms with Crippen LogP contribution in [0.5, 0.6) is 0 Å². The van der Waals surface area contributed by atoms with Crippen molar-refractivity contribution in [1.29, 1.82) is 0 Å². The molecule has 142 valence electrons. The highest BCUT2D eigenvalue weighted by Gasteiger charge is 2.22. The van der Waals surface area contributed by atoms with Crippen molar-refractivity contribution < 1.29 is 4.79 Å². The lowest BCUT2D eigenvalue weighted by Gasteiger charge is -2.35. The Balaban J connectivity index is 1.34. The molecule has 27 heavy (non-hydrogen) atoms. The molecule has 0 radical (unpaired) electrons. The topological polar surface area (TPSA) is 52.6 Å². The molecule has 4 rings (SSSR count). The lowest BCUT2D eigenvalue weighted by atomic mass is 10.1. The number of thiophene rings is 1. The quantitative estimate of drug-likeness (QED) is 0.760. The summed E-state index contributed by atoms with van der Waals surface area (Å²) in [6.45, 7) is 5.13. The van der Waals surface area contributed by atoms with Crippen LogP contribution in [0.4, 0.5) is 11.8 Å². The van der Waals surface area contributed by atoms with Crippen molar-refractivity contribution in [2.75, 3.05) is 49.1 Å². The Bertz CT molecular complexity index is 777. The van der Waals surface area contributed by atoms with Gasteiger partial charge in [-0.25, -0.2) is 4.98 Å². The maximum atomic E-state index is 12.4. The summed E-state index contributed by atoms with van der Waals surface area (Å²) < 4.78 is 0. The second-order valence-electron chi connectivity index (χ2n) is 6.92. The number of hydrogen-bond donors (Lipinski definition) is 0. The summed E-state index contributed by atoms with van der Waals surface area (Å²) in [5.74, 6) is 1.89. The third-order valence-electron chi connectivity index (χ3n) is 5.12. The van der Waals surface area contributed by atoms with E-state index in [1.54, 1.807) is 17.4 Å². The van der Waals surface area contributed by atoms with Gasteiger partial charge in [0.05, 0.1) is 0 Å². The molecule has 2 aromatic rings. The molecule has 6 nitrogen and oxygen atoms in total. The van der Waals surface area contributed by atoms with Crippen LogP contribution in [-0.4, -0.2) is 60.0 Å². The van der Waals surface area contributed by atoms with E-state index in [1.165, 1.54) is 19.3 Å². The normalized spacial score (nSPS) is 18.3. The highest BCUT2D eigenvalue weighted by Crippen LogP contribution is 2.20. The number of carbonyl (C=O) groups excluding carboxylic acids is 1. The van der Waals surface area contributed by atoms with Crippen LogP contribution < -0.4 is 9.80 Å². The van der Waals surface area contributed by atoms with Crippen LogP contribution in [0, 0.1) is 0 Å². The first-order valence-electron chi connectivity index (χ1n) is 9.63. The van der Waals surface area contributed by atoms with Gasteiger partial charge in [-0.3, -0.25) is 4.79 Å². The van der Waals surface area contributed by atoms with E-state index in [1.807, 2.05) is 40.8 Å². The predicted octanol–water partition coefficient (Wildman–Crippen LogP) is 2.89. The fourth-order valence-electron chi connectivity index (χ4n) is 3.56. The Kier molecular flexibility index (Phi) is 5.67. The van der Waals surface area contributed by atoms with Crippen molar-refractivity contribution in [3.05, 3.63) is 40.7 Å². The van der Waals surface area contributed by atoms with E-state index in [-0.39, 0.29) is 5.91 Å². The minimum Gasteiger partial charge on any atom is -0.353 e. The highest BCUT2D eigenvalue weighted by atomic mass is 32.1. The molecular weight excluding hydrogens is 358 g/mol. The molecule has 1 amide bonds. The number of piperazine rings is 1. The number of aromatic nitrogens is 2. The van der Waals surface area contributed by atoms with Crippen molar-refractivity contribution in [1.82, 2.24) is 14.9 Å². The monoisotopic (exact) mass is 383 g/mol. The van der Waals surface area contributed by atoms with E-state index >= 15 is 0 Å². The van der Waals surface area contributed by atoms with Crippen LogP contribution >= 0.6 is 11.3 Å². The minimum absolute atomic E-state index is 0.0831. The summed E-state index contributed by atoms with van der Waals surface area (Å²) in [7, 11) is 0. The van der Waals surface area contributed by atoms with Gasteiger partial charge in [-0.1, -0.05) is 6.07 Å². The minimum atomic E-state index is 0.0831. The van der Waals surface area contributed by atoms with Crippen molar-refractivity contribution in [2.24, 2.45) is 0 Å². The Morgan fingerprint density at radius 2 is 1.81 bits per heavy atom. The molecule has 2 aromatic heterocycles. The largest absolute Gasteiger partial charge is 0.353 e. The summed E-state index contributed by atoms with van der Waals surface area (Å²) in [6, 6.07) is 5.98. The molecule has 2 saturated heterocycles. The summed E-state index contributed by atoms with van der Waals surface area (Å²) in [5.41, 5.74) is 0. The number of piperidine rings is 1. The van der Waals surface area contributed by atoms with Crippen molar-refractivity contribution in [3.8, 4) is 0 Å². The van der Waals surface area contributed by atoms with Crippen LogP contribution in [0.3, 0.4) is 0 Å². The van der Waals surface area contributed by atoms with E-state index in [2.05, 4.69) is 14.8 Å². The average Bonchev–Trinajstić information content (AvgIpc) is 3.27. The number of rotatable bonds is 4. The van der Waals surface area contributed by atoms with Gasteiger partial charge in [0.25, 0.3) is 0 Å². The molecule has 2 aliphatic rings. The van der Waals surface area contributed by atoms with E-state index in [0.29, 0.717) is 0 Å². The third kappa shape index (κ3) is 4.47. The maximum absolute atomic E-state index is 12.4. The Morgan fingerprint density at radius 1 is 1.00 bits per heavy atom. The van der Waals surface area contributed by atoms with Gasteiger partial charge in [0.15, 0.2) is 0 Å². The third-order valence-corrected chi connectivity index (χ3v) is 5.95. The summed E-state index contributed by atoms with van der Waals surface area (Å²) in [5, 5.41) is 2.02. The zero-order valence-electron chi connectivity index (χ0n) is 15.5. The molecule has 4 heterocycles. The van der Waals surface area contributed by atoms with E-state index in [0.717, 1.165) is 55.9 Å². The standard InChI is InChI=1S/C20H25N5OS/c26-19(7-6-17-5-4-16-27-17)24-14-12-23(13-15-24)18-8-9-21-20(22-18)25-10-2-1-3-11-25/h4-9,16H,1-3,10-15H2/b7-6+. The Hall–Kier alpha value is -2.41. The van der Waals surface area contributed by atoms with Gasteiger partial charge in [-0.15, -0.1) is 11.3 Å². The fraction of sp³-hybridized carbons (Fsp3) is 0.450. The van der Waals surface area contributed by atoms with Crippen molar-refractivity contribution in [3.63, 3.8) is 0 Å². The summed E-state index contributed by atoms with van der Waals surface area (Å²) >= 11 is 1.64. The van der Waals surface area contributed by atoms with Crippen LogP contribution in [0.2, 0.25) is 0 Å². The number of carbonyl (C=O) groups is 1. The first-order valence-corrected chi connectivity index (χ1v) is 10.5. The van der Waals surface area contributed by atoms with Gasteiger partial charge >= 0.3 is 0 Å². The molecule has 7 heteroatoms. The molecule has 0 atom stereocenters. The lowest BCUT2D eigenvalue weighted by Crippen LogP contribution is -2.48. The average molecular weight is 384 g/mol. The smallest absolute Gasteiger partial charge is 0.246 e. The van der Waals surface area contributed by atoms with Gasteiger partial charge in [0.2, 0.25) is 11.9 Å². The number of hydrogen-bond acceptors (Lipinski definition) is 6. The first-order chi connectivity index (χ1) is 13.3. The number of nitrogens with zero attached hydrogens (tertiary/aromatic N) is 5. The molecule has 2 fully saturated rings. The molecular formula is C20H25N5OS. The SMILES string of the molecule is O=C(/C=C/c1cccs1)N1CCN(c2ccnc(N3CCCCC3)n2)CC1. The molecule has 2 aliphatic heterocycles. The second kappa shape index (κ2) is 8.52. The van der Waals surface area contributed by atoms with E-state index in [4.69, 9.17) is 4.98 Å². The van der Waals surface area contributed by atoms with Gasteiger partial charge in [-0.05, 0) is 42.9 Å². The first kappa shape index (κ1) is 18.0. The summed E-state index contributed by atoms with van der Waals surface area (Å²) in [6.07, 6.45) is 9.16. The van der Waals surface area contributed by atoms with Crippen LogP contribution in [-0.2, 0) is 4.79 Å². The van der Waals surface area contributed by atoms with Gasteiger partial charge in [0, 0.05) is 56.4 Å². The molecule has 0 bridgehead atoms. The van der Waals surface area contributed by atoms with E-state index in [9.17, 15) is 4.79 Å². The van der Waals surface area contributed by atoms with Crippen LogP contribution in [0.25, 0.3) is 6.08 Å². The summed E-state index contributed by atoms with van der Waals surface area (Å²) in [4.78, 5) is 29.2. The predicted molar refractivity (Wildman–Crippen MR) is 110 cm³/mol. The van der Waals surface area contributed by atoms with Crippen molar-refractivity contribution >= 4 is 35.1 Å². The zero-order valence-corrected chi connectivity index (χ0v) is 16.3. The molecule has 0 aliphatic carbocycles. The molecule has 0 spiro atoms. The number of anilines is 2. The zero-order chi connectivity index (χ0) is 18.5. The van der Waals surface area contributed by atoms with Crippen LogP contribution in [0.15, 0.2) is 35.9 Å². The maximum Gasteiger partial charge on any atom is 0.246 e. The Labute approximate surface area is 164 Å². The van der Waals surface area contributed by atoms with E-state index < -0.39 is 0 Å². The number of amides is 1. The molecule has 0 unspecified atom stereocenters. The van der Waals surface area contributed by atoms with Gasteiger partial charge in [0.1, 0.15) is 5.82 Å². The molecule has 0 aromatic carbocycles. The lowest BCUT2D eigenvalue weighted by molar-refractivity contribution is -0.126. The fourth-order valence-corrected chi connectivity index (χ4v) is 4.18. The van der Waals surface area contributed by atoms with Crippen molar-refractivity contribution in [2.45, 2.75) is 19.3 Å². The van der Waals surface area contributed by atoms with Crippen LogP contribution in [0.1, 0.15) is 24.1 Å². The highest BCUT2D eigenvalue weighted by molar-refractivity contribution is 7.10. The van der Waals surface area contributed by atoms with Gasteiger partial charge < -0.3 is 14.7 Å². The molecule has 0 saturated carbocycles. The Morgan fingerprint density at radius 3 is 2.56 bits per heavy atom. The second-order valence-corrected chi connectivity index (χ2v) is 7.90. The van der Waals surface area contributed by atoms with Gasteiger partial charge in [-0.2, -0.15) is 4.98 Å².